The Balaban J connectivity index is 1.61. The van der Waals surface area contributed by atoms with Crippen molar-refractivity contribution in [3.8, 4) is 11.5 Å². The zero-order valence-electron chi connectivity index (χ0n) is 16.0. The Morgan fingerprint density at radius 1 is 1.11 bits per heavy atom. The van der Waals surface area contributed by atoms with Crippen molar-refractivity contribution in [3.05, 3.63) is 59.7 Å². The molecule has 0 aliphatic carbocycles. The molecule has 1 amide bonds. The summed E-state index contributed by atoms with van der Waals surface area (Å²) in [5, 5.41) is 3.05. The fourth-order valence-electron chi connectivity index (χ4n) is 3.45. The van der Waals surface area contributed by atoms with Crippen LogP contribution in [-0.2, 0) is 14.9 Å². The first-order chi connectivity index (χ1) is 13.1. The topological polar surface area (TPSA) is 56.8 Å². The second-order valence-electron chi connectivity index (χ2n) is 7.00. The molecule has 0 aromatic heterocycles. The maximum absolute atomic E-state index is 12.3. The van der Waals surface area contributed by atoms with E-state index in [1.807, 2.05) is 43.3 Å². The van der Waals surface area contributed by atoms with Crippen molar-refractivity contribution in [1.82, 2.24) is 5.32 Å². The Morgan fingerprint density at radius 2 is 1.85 bits per heavy atom. The van der Waals surface area contributed by atoms with Crippen molar-refractivity contribution in [2.24, 2.45) is 0 Å². The molecule has 1 aliphatic rings. The molecule has 1 heterocycles. The zero-order valence-corrected chi connectivity index (χ0v) is 16.0. The summed E-state index contributed by atoms with van der Waals surface area (Å²) in [6.45, 7) is 3.97. The molecular weight excluding hydrogens is 342 g/mol. The molecule has 1 fully saturated rings. The number of hydrogen-bond acceptors (Lipinski definition) is 4. The highest BCUT2D eigenvalue weighted by Gasteiger charge is 2.34. The maximum Gasteiger partial charge on any atom is 0.257 e. The zero-order chi connectivity index (χ0) is 19.1. The van der Waals surface area contributed by atoms with Crippen molar-refractivity contribution < 1.29 is 19.0 Å². The van der Waals surface area contributed by atoms with Crippen LogP contribution < -0.4 is 14.8 Å². The van der Waals surface area contributed by atoms with Gasteiger partial charge in [0, 0.05) is 25.2 Å². The molecule has 0 atom stereocenters. The smallest absolute Gasteiger partial charge is 0.257 e. The molecule has 0 spiro atoms. The third-order valence-corrected chi connectivity index (χ3v) is 5.14. The number of methoxy groups -OCH3 is 1. The van der Waals surface area contributed by atoms with Crippen LogP contribution in [0.3, 0.4) is 0 Å². The van der Waals surface area contributed by atoms with Gasteiger partial charge in [0.25, 0.3) is 5.91 Å². The van der Waals surface area contributed by atoms with Crippen molar-refractivity contribution in [1.29, 1.82) is 0 Å². The summed E-state index contributed by atoms with van der Waals surface area (Å²) < 4.78 is 16.4. The Labute approximate surface area is 160 Å². The molecule has 2 aromatic carbocycles. The van der Waals surface area contributed by atoms with E-state index in [1.54, 1.807) is 7.11 Å². The molecule has 5 heteroatoms. The van der Waals surface area contributed by atoms with Crippen LogP contribution in [0.5, 0.6) is 11.5 Å². The van der Waals surface area contributed by atoms with E-state index in [2.05, 4.69) is 17.4 Å². The minimum Gasteiger partial charge on any atom is -0.497 e. The minimum absolute atomic E-state index is 0.0125. The molecular formula is C22H27NO4. The van der Waals surface area contributed by atoms with Gasteiger partial charge >= 0.3 is 0 Å². The summed E-state index contributed by atoms with van der Waals surface area (Å²) in [5.41, 5.74) is 2.18. The van der Waals surface area contributed by atoms with Gasteiger partial charge in [0.2, 0.25) is 0 Å². The number of benzene rings is 2. The molecule has 0 bridgehead atoms. The van der Waals surface area contributed by atoms with Crippen molar-refractivity contribution in [2.75, 3.05) is 33.5 Å². The van der Waals surface area contributed by atoms with E-state index in [0.29, 0.717) is 25.5 Å². The summed E-state index contributed by atoms with van der Waals surface area (Å²) in [7, 11) is 1.66. The number of carbonyl (C=O) groups excluding carboxylic acids is 1. The average Bonchev–Trinajstić information content (AvgIpc) is 2.71. The Hall–Kier alpha value is -2.53. The quantitative estimate of drug-likeness (QED) is 0.814. The van der Waals surface area contributed by atoms with E-state index in [9.17, 15) is 4.79 Å². The Kier molecular flexibility index (Phi) is 6.35. The molecule has 0 radical (unpaired) electrons. The lowest BCUT2D eigenvalue weighted by Crippen LogP contribution is -2.45. The van der Waals surface area contributed by atoms with E-state index in [1.165, 1.54) is 5.56 Å². The standard InChI is InChI=1S/C22H27NO4/c1-17-4-3-5-20(14-17)27-15-21(24)23-16-22(10-12-26-13-11-22)18-6-8-19(25-2)9-7-18/h3-9,14H,10-13,15-16H2,1-2H3,(H,23,24). The number of ether oxygens (including phenoxy) is 3. The molecule has 5 nitrogen and oxygen atoms in total. The maximum atomic E-state index is 12.3. The summed E-state index contributed by atoms with van der Waals surface area (Å²) in [4.78, 5) is 12.3. The van der Waals surface area contributed by atoms with Crippen LogP contribution in [-0.4, -0.2) is 39.4 Å². The molecule has 27 heavy (non-hydrogen) atoms. The lowest BCUT2D eigenvalue weighted by molar-refractivity contribution is -0.123. The van der Waals surface area contributed by atoms with Gasteiger partial charge in [-0.3, -0.25) is 4.79 Å². The summed E-state index contributed by atoms with van der Waals surface area (Å²) >= 11 is 0. The third kappa shape index (κ3) is 5.01. The van der Waals surface area contributed by atoms with E-state index >= 15 is 0 Å². The molecule has 2 aromatic rings. The van der Waals surface area contributed by atoms with Crippen molar-refractivity contribution in [3.63, 3.8) is 0 Å². The Morgan fingerprint density at radius 3 is 2.52 bits per heavy atom. The van der Waals surface area contributed by atoms with Gasteiger partial charge < -0.3 is 19.5 Å². The lowest BCUT2D eigenvalue weighted by Gasteiger charge is -2.38. The predicted octanol–water partition coefficient (Wildman–Crippen LogP) is 3.25. The number of carbonyl (C=O) groups is 1. The van der Waals surface area contributed by atoms with Gasteiger partial charge in [-0.05, 0) is 55.2 Å². The Bertz CT molecular complexity index is 751. The van der Waals surface area contributed by atoms with Crippen LogP contribution in [0.25, 0.3) is 0 Å². The highest BCUT2D eigenvalue weighted by Crippen LogP contribution is 2.35. The van der Waals surface area contributed by atoms with Gasteiger partial charge in [-0.25, -0.2) is 0 Å². The first-order valence-corrected chi connectivity index (χ1v) is 9.30. The summed E-state index contributed by atoms with van der Waals surface area (Å²) in [6, 6.07) is 15.8. The number of rotatable bonds is 7. The highest BCUT2D eigenvalue weighted by molar-refractivity contribution is 5.77. The van der Waals surface area contributed by atoms with E-state index in [4.69, 9.17) is 14.2 Å². The van der Waals surface area contributed by atoms with Gasteiger partial charge in [-0.2, -0.15) is 0 Å². The second kappa shape index (κ2) is 8.91. The van der Waals surface area contributed by atoms with Gasteiger partial charge in [-0.15, -0.1) is 0 Å². The normalized spacial score (nSPS) is 15.8. The second-order valence-corrected chi connectivity index (χ2v) is 7.00. The fraction of sp³-hybridized carbons (Fsp3) is 0.409. The average molecular weight is 369 g/mol. The van der Waals surface area contributed by atoms with E-state index in [-0.39, 0.29) is 17.9 Å². The SMILES string of the molecule is COc1ccc(C2(CNC(=O)COc3cccc(C)c3)CCOCC2)cc1. The van der Waals surface area contributed by atoms with Crippen molar-refractivity contribution >= 4 is 5.91 Å². The largest absolute Gasteiger partial charge is 0.497 e. The summed E-state index contributed by atoms with van der Waals surface area (Å²) in [6.07, 6.45) is 1.75. The number of hydrogen-bond donors (Lipinski definition) is 1. The monoisotopic (exact) mass is 369 g/mol. The van der Waals surface area contributed by atoms with Gasteiger partial charge in [0.1, 0.15) is 11.5 Å². The van der Waals surface area contributed by atoms with Gasteiger partial charge in [0.05, 0.1) is 7.11 Å². The highest BCUT2D eigenvalue weighted by atomic mass is 16.5. The van der Waals surface area contributed by atoms with Crippen LogP contribution in [0.2, 0.25) is 0 Å². The van der Waals surface area contributed by atoms with Crippen LogP contribution >= 0.6 is 0 Å². The lowest BCUT2D eigenvalue weighted by atomic mass is 9.74. The predicted molar refractivity (Wildman–Crippen MR) is 104 cm³/mol. The molecule has 1 aliphatic heterocycles. The van der Waals surface area contributed by atoms with E-state index < -0.39 is 0 Å². The van der Waals surface area contributed by atoms with Gasteiger partial charge in [0.15, 0.2) is 6.61 Å². The van der Waals surface area contributed by atoms with Crippen LogP contribution in [0.4, 0.5) is 0 Å². The van der Waals surface area contributed by atoms with Crippen LogP contribution in [0.15, 0.2) is 48.5 Å². The van der Waals surface area contributed by atoms with Crippen LogP contribution in [0.1, 0.15) is 24.0 Å². The first kappa shape index (κ1) is 19.2. The minimum atomic E-state index is -0.122. The number of nitrogens with one attached hydrogen (secondary N) is 1. The molecule has 0 saturated carbocycles. The molecule has 1 saturated heterocycles. The number of aryl methyl sites for hydroxylation is 1. The molecule has 3 rings (SSSR count). The summed E-state index contributed by atoms with van der Waals surface area (Å²) in [5.74, 6) is 1.42. The molecule has 0 unspecified atom stereocenters. The molecule has 1 N–H and O–H groups in total. The molecule has 144 valence electrons. The fourth-order valence-corrected chi connectivity index (χ4v) is 3.45. The van der Waals surface area contributed by atoms with E-state index in [0.717, 1.165) is 24.2 Å². The third-order valence-electron chi connectivity index (χ3n) is 5.14. The van der Waals surface area contributed by atoms with Crippen molar-refractivity contribution in [2.45, 2.75) is 25.2 Å². The van der Waals surface area contributed by atoms with Gasteiger partial charge in [-0.1, -0.05) is 24.3 Å². The van der Waals surface area contributed by atoms with Crippen LogP contribution in [0, 0.1) is 6.92 Å². The first-order valence-electron chi connectivity index (χ1n) is 9.30. The number of amides is 1.